The summed E-state index contributed by atoms with van der Waals surface area (Å²) in [5, 5.41) is -0.957. The van der Waals surface area contributed by atoms with Crippen molar-refractivity contribution in [2.24, 2.45) is 11.8 Å². The van der Waals surface area contributed by atoms with Gasteiger partial charge in [0.25, 0.3) is 12.6 Å². The third-order valence-electron chi connectivity index (χ3n) is 4.00. The smallest absolute Gasteiger partial charge is 0.370 e. The summed E-state index contributed by atoms with van der Waals surface area (Å²) in [6.07, 6.45) is 0.812. The minimum atomic E-state index is -0.902. The minimum Gasteiger partial charge on any atom is -0.424 e. The molecule has 0 bridgehead atoms. The number of rotatable bonds is 4. The van der Waals surface area contributed by atoms with Crippen molar-refractivity contribution in [1.29, 1.82) is 0 Å². The van der Waals surface area contributed by atoms with Gasteiger partial charge in [-0.05, 0) is 36.4 Å². The van der Waals surface area contributed by atoms with Gasteiger partial charge in [-0.15, -0.1) is 0 Å². The third kappa shape index (κ3) is 4.15. The summed E-state index contributed by atoms with van der Waals surface area (Å²) in [6, 6.07) is 0. The summed E-state index contributed by atoms with van der Waals surface area (Å²) in [5.74, 6) is -1.89. The molecule has 8 nitrogen and oxygen atoms in total. The Morgan fingerprint density at radius 2 is 1.25 bits per heavy atom. The van der Waals surface area contributed by atoms with Crippen LogP contribution in [0.5, 0.6) is 0 Å². The first-order chi connectivity index (χ1) is 11.5. The van der Waals surface area contributed by atoms with Gasteiger partial charge in [-0.25, -0.2) is 9.59 Å². The van der Waals surface area contributed by atoms with E-state index in [0.717, 1.165) is 36.4 Å². The summed E-state index contributed by atoms with van der Waals surface area (Å²) >= 11 is 1.88. The Morgan fingerprint density at radius 1 is 0.833 bits per heavy atom. The maximum Gasteiger partial charge on any atom is 0.370 e. The Labute approximate surface area is 146 Å². The molecule has 2 saturated heterocycles. The third-order valence-corrected chi connectivity index (χ3v) is 5.54. The van der Waals surface area contributed by atoms with Crippen LogP contribution in [-0.2, 0) is 28.5 Å². The number of cyclic esters (lactones) is 2. The van der Waals surface area contributed by atoms with Gasteiger partial charge in [0.05, 0.1) is 23.3 Å². The molecule has 4 unspecified atom stereocenters. The molecule has 24 heavy (non-hydrogen) atoms. The van der Waals surface area contributed by atoms with Crippen molar-refractivity contribution < 1.29 is 38.1 Å². The van der Waals surface area contributed by atoms with Crippen molar-refractivity contribution in [2.45, 2.75) is 38.3 Å². The largest absolute Gasteiger partial charge is 0.424 e. The van der Waals surface area contributed by atoms with E-state index in [-0.39, 0.29) is 11.5 Å². The highest BCUT2D eigenvalue weighted by Gasteiger charge is 2.41. The normalized spacial score (nSPS) is 32.8. The van der Waals surface area contributed by atoms with E-state index in [1.807, 2.05) is 0 Å². The van der Waals surface area contributed by atoms with Crippen LogP contribution in [0, 0.1) is 11.8 Å². The fraction of sp³-hybridized carbons (Fsp3) is 0.714. The predicted molar refractivity (Wildman–Crippen MR) is 83.1 cm³/mol. The van der Waals surface area contributed by atoms with E-state index in [1.54, 1.807) is 0 Å². The molecular formula is C14H16O8S2. The molecule has 0 spiro atoms. The first kappa shape index (κ1) is 17.4. The van der Waals surface area contributed by atoms with Crippen molar-refractivity contribution in [3.8, 4) is 0 Å². The number of carbonyl (C=O) groups excluding carboxylic acids is 4. The lowest BCUT2D eigenvalue weighted by molar-refractivity contribution is -0.182. The summed E-state index contributed by atoms with van der Waals surface area (Å²) in [7, 11) is 0. The molecule has 3 aliphatic rings. The lowest BCUT2D eigenvalue weighted by atomic mass is 9.79. The SMILES string of the molecule is O=C1OC(OC(=O)C2CCCCC2C(=O)OC2CSC(=O)O2)CS1. The fourth-order valence-electron chi connectivity index (χ4n) is 2.87. The van der Waals surface area contributed by atoms with Crippen LogP contribution in [0.4, 0.5) is 9.59 Å². The summed E-state index contributed by atoms with van der Waals surface area (Å²) < 4.78 is 20.1. The van der Waals surface area contributed by atoms with E-state index in [1.165, 1.54) is 0 Å². The van der Waals surface area contributed by atoms with Crippen molar-refractivity contribution in [2.75, 3.05) is 11.5 Å². The van der Waals surface area contributed by atoms with Crippen LogP contribution in [0.15, 0.2) is 0 Å². The molecule has 0 amide bonds. The van der Waals surface area contributed by atoms with Crippen molar-refractivity contribution in [1.82, 2.24) is 0 Å². The molecule has 10 heteroatoms. The second-order valence-corrected chi connectivity index (χ2v) is 7.50. The maximum atomic E-state index is 12.3. The van der Waals surface area contributed by atoms with Crippen LogP contribution in [-0.4, -0.2) is 46.6 Å². The van der Waals surface area contributed by atoms with Gasteiger partial charge in [-0.3, -0.25) is 9.59 Å². The van der Waals surface area contributed by atoms with Crippen LogP contribution >= 0.6 is 23.5 Å². The fourth-order valence-corrected chi connectivity index (χ4v) is 4.04. The Bertz CT molecular complexity index is 503. The Kier molecular flexibility index (Phi) is 5.54. The second kappa shape index (κ2) is 7.64. The van der Waals surface area contributed by atoms with E-state index >= 15 is 0 Å². The van der Waals surface area contributed by atoms with Gasteiger partial charge < -0.3 is 18.9 Å². The topological polar surface area (TPSA) is 105 Å². The molecule has 0 aromatic carbocycles. The molecule has 4 atom stereocenters. The van der Waals surface area contributed by atoms with E-state index in [4.69, 9.17) is 18.9 Å². The van der Waals surface area contributed by atoms with Crippen molar-refractivity contribution in [3.63, 3.8) is 0 Å². The van der Waals surface area contributed by atoms with Crippen LogP contribution in [0.1, 0.15) is 25.7 Å². The standard InChI is InChI=1S/C14H16O8S2/c15-11(19-9-5-23-13(17)21-9)7-3-1-2-4-8(7)12(16)20-10-6-24-14(18)22-10/h7-10H,1-6H2. The Morgan fingerprint density at radius 3 is 1.58 bits per heavy atom. The zero-order valence-electron chi connectivity index (χ0n) is 12.6. The summed E-state index contributed by atoms with van der Waals surface area (Å²) in [6.45, 7) is 0. The predicted octanol–water partition coefficient (Wildman–Crippen LogP) is 2.30. The molecule has 1 aliphatic carbocycles. The van der Waals surface area contributed by atoms with Gasteiger partial charge in [0, 0.05) is 0 Å². The van der Waals surface area contributed by atoms with Crippen LogP contribution in [0.25, 0.3) is 0 Å². The van der Waals surface area contributed by atoms with Gasteiger partial charge in [0.2, 0.25) is 0 Å². The lowest BCUT2D eigenvalue weighted by Gasteiger charge is -2.29. The monoisotopic (exact) mass is 376 g/mol. The van der Waals surface area contributed by atoms with Crippen LogP contribution < -0.4 is 0 Å². The second-order valence-electron chi connectivity index (χ2n) is 5.59. The average molecular weight is 376 g/mol. The van der Waals surface area contributed by atoms with Gasteiger partial charge in [0.1, 0.15) is 0 Å². The van der Waals surface area contributed by atoms with E-state index in [2.05, 4.69) is 0 Å². The highest BCUT2D eigenvalue weighted by Crippen LogP contribution is 2.34. The lowest BCUT2D eigenvalue weighted by Crippen LogP contribution is -2.38. The zero-order chi connectivity index (χ0) is 17.1. The molecular weight excluding hydrogens is 360 g/mol. The molecule has 0 aromatic heterocycles. The van der Waals surface area contributed by atoms with Gasteiger partial charge in [-0.2, -0.15) is 0 Å². The molecule has 3 fully saturated rings. The summed E-state index contributed by atoms with van der Waals surface area (Å²) in [5.41, 5.74) is 0. The molecule has 2 heterocycles. The highest BCUT2D eigenvalue weighted by molar-refractivity contribution is 8.13. The number of carbonyl (C=O) groups is 4. The molecule has 132 valence electrons. The van der Waals surface area contributed by atoms with Crippen LogP contribution in [0.2, 0.25) is 0 Å². The highest BCUT2D eigenvalue weighted by atomic mass is 32.2. The number of ether oxygens (including phenoxy) is 4. The number of esters is 2. The maximum absolute atomic E-state index is 12.3. The number of thioether (sulfide) groups is 2. The Balaban J connectivity index is 1.57. The van der Waals surface area contributed by atoms with Crippen molar-refractivity contribution in [3.05, 3.63) is 0 Å². The Hall–Kier alpha value is -1.42. The van der Waals surface area contributed by atoms with E-state index in [9.17, 15) is 19.2 Å². The van der Waals surface area contributed by atoms with E-state index < -0.39 is 47.0 Å². The summed E-state index contributed by atoms with van der Waals surface area (Å²) in [4.78, 5) is 46.8. The quantitative estimate of drug-likeness (QED) is 0.678. The minimum absolute atomic E-state index is 0.252. The van der Waals surface area contributed by atoms with Crippen molar-refractivity contribution >= 4 is 46.1 Å². The van der Waals surface area contributed by atoms with Gasteiger partial charge in [-0.1, -0.05) is 12.8 Å². The molecule has 0 N–H and O–H groups in total. The van der Waals surface area contributed by atoms with Gasteiger partial charge >= 0.3 is 22.5 Å². The molecule has 1 saturated carbocycles. The molecule has 0 radical (unpaired) electrons. The van der Waals surface area contributed by atoms with E-state index in [0.29, 0.717) is 12.8 Å². The number of hydrogen-bond donors (Lipinski definition) is 0. The zero-order valence-corrected chi connectivity index (χ0v) is 14.3. The average Bonchev–Trinajstić information content (AvgIpc) is 3.15. The first-order valence-corrected chi connectivity index (χ1v) is 9.58. The van der Waals surface area contributed by atoms with Crippen LogP contribution in [0.3, 0.4) is 0 Å². The number of hydrogen-bond acceptors (Lipinski definition) is 10. The first-order valence-electron chi connectivity index (χ1n) is 7.61. The van der Waals surface area contributed by atoms with Gasteiger partial charge in [0.15, 0.2) is 0 Å². The molecule has 3 rings (SSSR count). The molecule has 2 aliphatic heterocycles. The molecule has 0 aromatic rings.